The molecular weight excluding hydrogens is 236 g/mol. The number of furan rings is 1. The highest BCUT2D eigenvalue weighted by molar-refractivity contribution is 5.02. The van der Waals surface area contributed by atoms with Crippen LogP contribution in [-0.2, 0) is 6.42 Å². The summed E-state index contributed by atoms with van der Waals surface area (Å²) in [7, 11) is 0. The molecule has 3 N–H and O–H groups in total. The van der Waals surface area contributed by atoms with E-state index in [2.05, 4.69) is 11.5 Å². The molecule has 0 amide bonds. The Balaban J connectivity index is 1.60. The van der Waals surface area contributed by atoms with Crippen LogP contribution in [0.5, 0.6) is 0 Å². The summed E-state index contributed by atoms with van der Waals surface area (Å²) >= 11 is 0. The second-order valence-electron chi connectivity index (χ2n) is 6.43. The van der Waals surface area contributed by atoms with Crippen molar-refractivity contribution in [2.24, 2.45) is 23.6 Å². The molecule has 3 nitrogen and oxygen atoms in total. The monoisotopic (exact) mass is 262 g/mol. The highest BCUT2D eigenvalue weighted by atomic mass is 16.3. The van der Waals surface area contributed by atoms with Gasteiger partial charge in [-0.2, -0.15) is 0 Å². The van der Waals surface area contributed by atoms with E-state index < -0.39 is 0 Å². The molecule has 1 aromatic heterocycles. The Bertz CT molecular complexity index is 376. The van der Waals surface area contributed by atoms with Crippen molar-refractivity contribution < 1.29 is 4.42 Å². The number of hydrazine groups is 1. The minimum Gasteiger partial charge on any atom is -0.469 e. The standard InChI is InChI=1S/C16H26N2O/c17-18-16(11-15-6-3-9-19-15)14-8-7-12-4-1-2-5-13(12)10-14/h3,6,9,12-14,16,18H,1-2,4-5,7-8,10-11,17H2. The molecular formula is C16H26N2O. The van der Waals surface area contributed by atoms with Crippen LogP contribution >= 0.6 is 0 Å². The fraction of sp³-hybridized carbons (Fsp3) is 0.750. The molecule has 1 aromatic rings. The molecule has 2 saturated carbocycles. The molecule has 0 spiro atoms. The Morgan fingerprint density at radius 1 is 1.21 bits per heavy atom. The van der Waals surface area contributed by atoms with Crippen LogP contribution in [-0.4, -0.2) is 6.04 Å². The van der Waals surface area contributed by atoms with E-state index in [4.69, 9.17) is 10.3 Å². The molecule has 2 aliphatic carbocycles. The molecule has 0 aromatic carbocycles. The summed E-state index contributed by atoms with van der Waals surface area (Å²) in [4.78, 5) is 0. The number of hydrogen-bond acceptors (Lipinski definition) is 3. The lowest BCUT2D eigenvalue weighted by Crippen LogP contribution is -2.45. The van der Waals surface area contributed by atoms with Gasteiger partial charge in [0.2, 0.25) is 0 Å². The minimum absolute atomic E-state index is 0.369. The van der Waals surface area contributed by atoms with Gasteiger partial charge in [-0.05, 0) is 49.1 Å². The van der Waals surface area contributed by atoms with Gasteiger partial charge in [-0.25, -0.2) is 0 Å². The van der Waals surface area contributed by atoms with Crippen LogP contribution in [0.4, 0.5) is 0 Å². The summed E-state index contributed by atoms with van der Waals surface area (Å²) in [5.74, 6) is 9.53. The number of fused-ring (bicyclic) bond motifs is 1. The van der Waals surface area contributed by atoms with Crippen LogP contribution in [0.15, 0.2) is 22.8 Å². The Kier molecular flexibility index (Phi) is 4.24. The van der Waals surface area contributed by atoms with E-state index in [1.54, 1.807) is 6.26 Å². The Morgan fingerprint density at radius 2 is 2.05 bits per heavy atom. The predicted molar refractivity (Wildman–Crippen MR) is 76.3 cm³/mol. The molecule has 2 aliphatic rings. The van der Waals surface area contributed by atoms with Crippen LogP contribution < -0.4 is 11.3 Å². The number of nitrogens with two attached hydrogens (primary N) is 1. The lowest BCUT2D eigenvalue weighted by atomic mass is 9.66. The van der Waals surface area contributed by atoms with Crippen molar-refractivity contribution in [3.63, 3.8) is 0 Å². The van der Waals surface area contributed by atoms with Crippen molar-refractivity contribution in [2.75, 3.05) is 0 Å². The van der Waals surface area contributed by atoms with Gasteiger partial charge in [0, 0.05) is 12.5 Å². The first-order valence-electron chi connectivity index (χ1n) is 7.85. The summed E-state index contributed by atoms with van der Waals surface area (Å²) in [5, 5.41) is 0. The van der Waals surface area contributed by atoms with Crippen molar-refractivity contribution >= 4 is 0 Å². The van der Waals surface area contributed by atoms with Crippen LogP contribution in [0.1, 0.15) is 50.7 Å². The molecule has 0 radical (unpaired) electrons. The van der Waals surface area contributed by atoms with Crippen molar-refractivity contribution in [2.45, 2.75) is 57.4 Å². The van der Waals surface area contributed by atoms with Gasteiger partial charge in [-0.3, -0.25) is 11.3 Å². The third-order valence-electron chi connectivity index (χ3n) is 5.36. The van der Waals surface area contributed by atoms with E-state index in [1.807, 2.05) is 6.07 Å². The normalized spacial score (nSPS) is 32.8. The number of hydrogen-bond donors (Lipinski definition) is 2. The molecule has 1 heterocycles. The molecule has 3 rings (SSSR count). The molecule has 0 aliphatic heterocycles. The Hall–Kier alpha value is -0.800. The van der Waals surface area contributed by atoms with E-state index in [9.17, 15) is 0 Å². The van der Waals surface area contributed by atoms with Crippen molar-refractivity contribution in [1.82, 2.24) is 5.43 Å². The fourth-order valence-electron chi connectivity index (χ4n) is 4.28. The lowest BCUT2D eigenvalue weighted by Gasteiger charge is -2.41. The fourth-order valence-corrected chi connectivity index (χ4v) is 4.28. The zero-order valence-electron chi connectivity index (χ0n) is 11.7. The van der Waals surface area contributed by atoms with Crippen LogP contribution in [0, 0.1) is 17.8 Å². The molecule has 2 fully saturated rings. The average molecular weight is 262 g/mol. The van der Waals surface area contributed by atoms with E-state index in [0.29, 0.717) is 6.04 Å². The SMILES string of the molecule is NNC(Cc1ccco1)C1CCC2CCCCC2C1. The maximum Gasteiger partial charge on any atom is 0.105 e. The van der Waals surface area contributed by atoms with Gasteiger partial charge < -0.3 is 4.42 Å². The van der Waals surface area contributed by atoms with E-state index in [-0.39, 0.29) is 0 Å². The number of nitrogens with one attached hydrogen (secondary N) is 1. The van der Waals surface area contributed by atoms with E-state index in [1.165, 1.54) is 44.9 Å². The van der Waals surface area contributed by atoms with Crippen molar-refractivity contribution in [3.8, 4) is 0 Å². The largest absolute Gasteiger partial charge is 0.469 e. The topological polar surface area (TPSA) is 51.2 Å². The zero-order valence-corrected chi connectivity index (χ0v) is 11.7. The molecule has 4 atom stereocenters. The van der Waals surface area contributed by atoms with Gasteiger partial charge in [0.1, 0.15) is 5.76 Å². The summed E-state index contributed by atoms with van der Waals surface area (Å²) in [6.45, 7) is 0. The van der Waals surface area contributed by atoms with E-state index >= 15 is 0 Å². The smallest absolute Gasteiger partial charge is 0.105 e. The summed E-state index contributed by atoms with van der Waals surface area (Å²) in [6.07, 6.45) is 12.6. The van der Waals surface area contributed by atoms with Crippen LogP contribution in [0.2, 0.25) is 0 Å². The van der Waals surface area contributed by atoms with Gasteiger partial charge in [-0.15, -0.1) is 0 Å². The van der Waals surface area contributed by atoms with Crippen molar-refractivity contribution in [3.05, 3.63) is 24.2 Å². The molecule has 4 unspecified atom stereocenters. The average Bonchev–Trinajstić information content (AvgIpc) is 2.97. The second kappa shape index (κ2) is 6.10. The van der Waals surface area contributed by atoms with Crippen molar-refractivity contribution in [1.29, 1.82) is 0 Å². The summed E-state index contributed by atoms with van der Waals surface area (Å²) < 4.78 is 5.47. The quantitative estimate of drug-likeness (QED) is 0.647. The van der Waals surface area contributed by atoms with Crippen LogP contribution in [0.25, 0.3) is 0 Å². The van der Waals surface area contributed by atoms with Gasteiger partial charge in [-0.1, -0.05) is 25.7 Å². The first-order chi connectivity index (χ1) is 9.36. The zero-order chi connectivity index (χ0) is 13.1. The Morgan fingerprint density at radius 3 is 2.79 bits per heavy atom. The second-order valence-corrected chi connectivity index (χ2v) is 6.43. The van der Waals surface area contributed by atoms with Gasteiger partial charge in [0.15, 0.2) is 0 Å². The number of rotatable bonds is 4. The first-order valence-corrected chi connectivity index (χ1v) is 7.85. The lowest BCUT2D eigenvalue weighted by molar-refractivity contribution is 0.108. The van der Waals surface area contributed by atoms with Gasteiger partial charge in [0.05, 0.1) is 6.26 Å². The van der Waals surface area contributed by atoms with Gasteiger partial charge in [0.25, 0.3) is 0 Å². The highest BCUT2D eigenvalue weighted by Crippen LogP contribution is 2.43. The molecule has 0 bridgehead atoms. The van der Waals surface area contributed by atoms with Crippen LogP contribution in [0.3, 0.4) is 0 Å². The third-order valence-corrected chi connectivity index (χ3v) is 5.36. The molecule has 0 saturated heterocycles. The minimum atomic E-state index is 0.369. The highest BCUT2D eigenvalue weighted by Gasteiger charge is 2.35. The maximum absolute atomic E-state index is 5.80. The summed E-state index contributed by atoms with van der Waals surface area (Å²) in [5.41, 5.74) is 3.05. The molecule has 19 heavy (non-hydrogen) atoms. The molecule has 106 valence electrons. The maximum atomic E-state index is 5.80. The van der Waals surface area contributed by atoms with E-state index in [0.717, 1.165) is 29.9 Å². The predicted octanol–water partition coefficient (Wildman–Crippen LogP) is 3.26. The third kappa shape index (κ3) is 3.03. The van der Waals surface area contributed by atoms with Gasteiger partial charge >= 0.3 is 0 Å². The molecule has 3 heteroatoms. The summed E-state index contributed by atoms with van der Waals surface area (Å²) in [6, 6.07) is 4.38. The first kappa shape index (κ1) is 13.2. The Labute approximate surface area is 115 Å².